The molecule has 0 unspecified atom stereocenters. The van der Waals surface area contributed by atoms with E-state index in [0.29, 0.717) is 17.7 Å². The van der Waals surface area contributed by atoms with Gasteiger partial charge < -0.3 is 5.32 Å². The lowest BCUT2D eigenvalue weighted by atomic mass is 9.88. The standard InChI is InChI=1S/C21H25F2N3O2/c1-2-16(24-21(28)14-6-4-3-5-7-14)13-26-20(27)11-10-19(25-26)15-8-9-17(22)18(23)12-15/h8-12,14,16H,2-7,13H2,1H3,(H,24,28)/t16-/m1/s1. The highest BCUT2D eigenvalue weighted by atomic mass is 19.2. The van der Waals surface area contributed by atoms with E-state index in [4.69, 9.17) is 0 Å². The lowest BCUT2D eigenvalue weighted by Crippen LogP contribution is -2.43. The SMILES string of the molecule is CC[C@H](Cn1nc(-c2ccc(F)c(F)c2)ccc1=O)NC(=O)C1CCCCC1. The van der Waals surface area contributed by atoms with Gasteiger partial charge in [0.25, 0.3) is 5.56 Å². The highest BCUT2D eigenvalue weighted by Crippen LogP contribution is 2.24. The molecule has 0 bridgehead atoms. The van der Waals surface area contributed by atoms with Crippen molar-refractivity contribution in [1.82, 2.24) is 15.1 Å². The van der Waals surface area contributed by atoms with Crippen molar-refractivity contribution in [3.8, 4) is 11.3 Å². The smallest absolute Gasteiger partial charge is 0.266 e. The van der Waals surface area contributed by atoms with Crippen LogP contribution in [0.2, 0.25) is 0 Å². The van der Waals surface area contributed by atoms with E-state index in [1.807, 2.05) is 6.92 Å². The summed E-state index contributed by atoms with van der Waals surface area (Å²) in [7, 11) is 0. The number of rotatable bonds is 6. The Hall–Kier alpha value is -2.57. The Morgan fingerprint density at radius 2 is 1.93 bits per heavy atom. The van der Waals surface area contributed by atoms with Crippen molar-refractivity contribution < 1.29 is 13.6 Å². The quantitative estimate of drug-likeness (QED) is 0.820. The zero-order chi connectivity index (χ0) is 20.1. The van der Waals surface area contributed by atoms with Crippen LogP contribution in [0.15, 0.2) is 35.1 Å². The molecular weight excluding hydrogens is 364 g/mol. The zero-order valence-electron chi connectivity index (χ0n) is 16.0. The van der Waals surface area contributed by atoms with E-state index in [0.717, 1.165) is 37.8 Å². The van der Waals surface area contributed by atoms with Crippen molar-refractivity contribution in [2.24, 2.45) is 5.92 Å². The molecule has 0 spiro atoms. The van der Waals surface area contributed by atoms with Crippen LogP contribution in [0.3, 0.4) is 0 Å². The largest absolute Gasteiger partial charge is 0.351 e. The number of aromatic nitrogens is 2. The van der Waals surface area contributed by atoms with Crippen LogP contribution >= 0.6 is 0 Å². The highest BCUT2D eigenvalue weighted by molar-refractivity contribution is 5.79. The minimum absolute atomic E-state index is 0.0383. The van der Waals surface area contributed by atoms with Gasteiger partial charge in [-0.2, -0.15) is 5.10 Å². The summed E-state index contributed by atoms with van der Waals surface area (Å²) in [5.74, 6) is -1.82. The van der Waals surface area contributed by atoms with Gasteiger partial charge in [-0.25, -0.2) is 13.5 Å². The minimum atomic E-state index is -0.969. The van der Waals surface area contributed by atoms with Crippen LogP contribution in [0, 0.1) is 17.6 Å². The van der Waals surface area contributed by atoms with Gasteiger partial charge in [0.15, 0.2) is 11.6 Å². The molecule has 1 aliphatic carbocycles. The molecule has 150 valence electrons. The number of hydrogen-bond donors (Lipinski definition) is 1. The first-order chi connectivity index (χ1) is 13.5. The normalized spacial score (nSPS) is 16.0. The molecule has 1 aromatic carbocycles. The predicted molar refractivity (Wildman–Crippen MR) is 103 cm³/mol. The molecule has 1 fully saturated rings. The molecular formula is C21H25F2N3O2. The summed E-state index contributed by atoms with van der Waals surface area (Å²) < 4.78 is 27.9. The summed E-state index contributed by atoms with van der Waals surface area (Å²) in [4.78, 5) is 24.7. The molecule has 1 aromatic heterocycles. The molecule has 1 heterocycles. The fourth-order valence-corrected chi connectivity index (χ4v) is 3.56. The van der Waals surface area contributed by atoms with Gasteiger partial charge in [-0.3, -0.25) is 9.59 Å². The minimum Gasteiger partial charge on any atom is -0.351 e. The molecule has 1 N–H and O–H groups in total. The molecule has 0 aliphatic heterocycles. The average Bonchev–Trinajstić information content (AvgIpc) is 2.71. The second-order valence-electron chi connectivity index (χ2n) is 7.32. The number of hydrogen-bond acceptors (Lipinski definition) is 3. The van der Waals surface area contributed by atoms with E-state index >= 15 is 0 Å². The summed E-state index contributed by atoms with van der Waals surface area (Å²) in [6, 6.07) is 6.10. The maximum Gasteiger partial charge on any atom is 0.266 e. The topological polar surface area (TPSA) is 64.0 Å². The van der Waals surface area contributed by atoms with Crippen molar-refractivity contribution >= 4 is 5.91 Å². The summed E-state index contributed by atoms with van der Waals surface area (Å²) in [6.07, 6.45) is 5.80. The van der Waals surface area contributed by atoms with E-state index in [1.165, 1.54) is 29.3 Å². The summed E-state index contributed by atoms with van der Waals surface area (Å²) >= 11 is 0. The van der Waals surface area contributed by atoms with Gasteiger partial charge >= 0.3 is 0 Å². The molecule has 3 rings (SSSR count). The van der Waals surface area contributed by atoms with Crippen molar-refractivity contribution in [2.45, 2.75) is 58.0 Å². The van der Waals surface area contributed by atoms with Crippen LogP contribution in [0.1, 0.15) is 45.4 Å². The van der Waals surface area contributed by atoms with Gasteiger partial charge in [0.05, 0.1) is 12.2 Å². The third-order valence-corrected chi connectivity index (χ3v) is 5.29. The van der Waals surface area contributed by atoms with E-state index < -0.39 is 11.6 Å². The second-order valence-corrected chi connectivity index (χ2v) is 7.32. The maximum absolute atomic E-state index is 13.5. The number of carbonyl (C=O) groups excluding carboxylic acids is 1. The number of amides is 1. The lowest BCUT2D eigenvalue weighted by molar-refractivity contribution is -0.126. The first-order valence-electron chi connectivity index (χ1n) is 9.82. The fourth-order valence-electron chi connectivity index (χ4n) is 3.56. The van der Waals surface area contributed by atoms with Gasteiger partial charge in [-0.05, 0) is 43.5 Å². The Morgan fingerprint density at radius 1 is 1.18 bits per heavy atom. The molecule has 2 aromatic rings. The molecule has 7 heteroatoms. The Kier molecular flexibility index (Phi) is 6.54. The van der Waals surface area contributed by atoms with Gasteiger partial charge in [-0.15, -0.1) is 0 Å². The molecule has 0 saturated heterocycles. The van der Waals surface area contributed by atoms with E-state index in [1.54, 1.807) is 0 Å². The van der Waals surface area contributed by atoms with E-state index in [2.05, 4.69) is 10.4 Å². The Labute approximate surface area is 162 Å². The number of benzene rings is 1. The second kappa shape index (κ2) is 9.08. The number of nitrogens with zero attached hydrogens (tertiary/aromatic N) is 2. The van der Waals surface area contributed by atoms with Crippen molar-refractivity contribution in [3.63, 3.8) is 0 Å². The lowest BCUT2D eigenvalue weighted by Gasteiger charge is -2.24. The third kappa shape index (κ3) is 4.82. The van der Waals surface area contributed by atoms with Crippen LogP contribution in [0.5, 0.6) is 0 Å². The molecule has 5 nitrogen and oxygen atoms in total. The molecule has 0 radical (unpaired) electrons. The van der Waals surface area contributed by atoms with E-state index in [9.17, 15) is 18.4 Å². The van der Waals surface area contributed by atoms with Crippen LogP contribution in [0.4, 0.5) is 8.78 Å². The van der Waals surface area contributed by atoms with Gasteiger partial charge in [-0.1, -0.05) is 26.2 Å². The molecule has 1 atom stereocenters. The summed E-state index contributed by atoms with van der Waals surface area (Å²) in [6.45, 7) is 2.17. The van der Waals surface area contributed by atoms with Gasteiger partial charge in [0.2, 0.25) is 5.91 Å². The van der Waals surface area contributed by atoms with Crippen molar-refractivity contribution in [1.29, 1.82) is 0 Å². The number of carbonyl (C=O) groups is 1. The predicted octanol–water partition coefficient (Wildman–Crippen LogP) is 3.66. The molecule has 1 aliphatic rings. The van der Waals surface area contributed by atoms with Crippen LogP contribution in [-0.2, 0) is 11.3 Å². The van der Waals surface area contributed by atoms with Gasteiger partial charge in [0.1, 0.15) is 0 Å². The summed E-state index contributed by atoms with van der Waals surface area (Å²) in [5, 5.41) is 7.32. The van der Waals surface area contributed by atoms with Crippen molar-refractivity contribution in [2.75, 3.05) is 0 Å². The number of nitrogens with one attached hydrogen (secondary N) is 1. The van der Waals surface area contributed by atoms with Crippen molar-refractivity contribution in [3.05, 3.63) is 52.3 Å². The monoisotopic (exact) mass is 389 g/mol. The molecule has 1 amide bonds. The Balaban J connectivity index is 1.75. The maximum atomic E-state index is 13.5. The zero-order valence-corrected chi connectivity index (χ0v) is 16.0. The van der Waals surface area contributed by atoms with Crippen LogP contribution in [0.25, 0.3) is 11.3 Å². The average molecular weight is 389 g/mol. The molecule has 28 heavy (non-hydrogen) atoms. The third-order valence-electron chi connectivity index (χ3n) is 5.29. The fraction of sp³-hybridized carbons (Fsp3) is 0.476. The van der Waals surface area contributed by atoms with E-state index in [-0.39, 0.29) is 30.0 Å². The van der Waals surface area contributed by atoms with Gasteiger partial charge in [0, 0.05) is 23.6 Å². The molecule has 1 saturated carbocycles. The number of halogens is 2. The first-order valence-corrected chi connectivity index (χ1v) is 9.82. The highest BCUT2D eigenvalue weighted by Gasteiger charge is 2.23. The van der Waals surface area contributed by atoms with Crippen LogP contribution in [-0.4, -0.2) is 21.7 Å². The van der Waals surface area contributed by atoms with Crippen LogP contribution < -0.4 is 10.9 Å². The summed E-state index contributed by atoms with van der Waals surface area (Å²) in [5.41, 5.74) is 0.440. The Morgan fingerprint density at radius 3 is 2.61 bits per heavy atom. The Bertz CT molecular complexity index is 891. The first kappa shape index (κ1) is 20.2.